The molecule has 3 rings (SSSR count). The Morgan fingerprint density at radius 2 is 1.60 bits per heavy atom. The third kappa shape index (κ3) is 3.55. The molecule has 0 aliphatic heterocycles. The van der Waals surface area contributed by atoms with Gasteiger partial charge in [0, 0.05) is 5.56 Å². The first-order valence-electron chi connectivity index (χ1n) is 8.52. The number of halogens is 5. The molecule has 1 aliphatic carbocycles. The lowest BCUT2D eigenvalue weighted by atomic mass is 9.80. The van der Waals surface area contributed by atoms with E-state index in [9.17, 15) is 22.0 Å². The third-order valence-electron chi connectivity index (χ3n) is 5.08. The molecule has 0 amide bonds. The maximum absolute atomic E-state index is 14.1. The fourth-order valence-electron chi connectivity index (χ4n) is 3.59. The normalized spacial score (nSPS) is 16.8. The van der Waals surface area contributed by atoms with Crippen LogP contribution in [0.15, 0.2) is 18.2 Å². The summed E-state index contributed by atoms with van der Waals surface area (Å²) in [5.41, 5.74) is 1.34. The summed E-state index contributed by atoms with van der Waals surface area (Å²) in [4.78, 5) is 0. The summed E-state index contributed by atoms with van der Waals surface area (Å²) in [7, 11) is 0. The first-order valence-corrected chi connectivity index (χ1v) is 8.52. The van der Waals surface area contributed by atoms with E-state index < -0.39 is 29.1 Å². The maximum atomic E-state index is 14.1. The molecule has 134 valence electrons. The van der Waals surface area contributed by atoms with Gasteiger partial charge in [-0.3, -0.25) is 0 Å². The smallest absolute Gasteiger partial charge is 0.194 e. The minimum atomic E-state index is -1.43. The van der Waals surface area contributed by atoms with Crippen molar-refractivity contribution in [3.63, 3.8) is 0 Å². The molecule has 0 aromatic heterocycles. The minimum Gasteiger partial charge on any atom is -0.207 e. The molecule has 0 bridgehead atoms. The van der Waals surface area contributed by atoms with E-state index in [1.165, 1.54) is 12.1 Å². The lowest BCUT2D eigenvalue weighted by Crippen LogP contribution is -2.18. The van der Waals surface area contributed by atoms with Crippen LogP contribution in [0.3, 0.4) is 0 Å². The summed E-state index contributed by atoms with van der Waals surface area (Å²) in [5.74, 6) is -4.77. The fourth-order valence-corrected chi connectivity index (χ4v) is 3.59. The topological polar surface area (TPSA) is 0 Å². The lowest BCUT2D eigenvalue weighted by molar-refractivity contribution is 0.390. The van der Waals surface area contributed by atoms with Gasteiger partial charge in [-0.25, -0.2) is 22.0 Å². The molecule has 2 aromatic carbocycles. The molecule has 25 heavy (non-hydrogen) atoms. The Morgan fingerprint density at radius 1 is 0.920 bits per heavy atom. The van der Waals surface area contributed by atoms with Crippen LogP contribution in [0.5, 0.6) is 0 Å². The van der Waals surface area contributed by atoms with E-state index in [2.05, 4.69) is 0 Å². The summed E-state index contributed by atoms with van der Waals surface area (Å²) >= 11 is 0. The second-order valence-corrected chi connectivity index (χ2v) is 6.66. The number of hydrogen-bond acceptors (Lipinski definition) is 0. The third-order valence-corrected chi connectivity index (χ3v) is 5.08. The van der Waals surface area contributed by atoms with Crippen LogP contribution in [0, 0.1) is 35.0 Å². The van der Waals surface area contributed by atoms with Crippen LogP contribution < -0.4 is 0 Å². The standard InChI is InChI=1S/C20H19F5/c1-2-11-8-16(21)15(17(22)9-11)6-4-12-3-5-14-13(7-12)10-18(23)20(25)19(14)24/h8-10,12H,2-7H2,1H3. The zero-order valence-corrected chi connectivity index (χ0v) is 13.9. The van der Waals surface area contributed by atoms with Gasteiger partial charge in [0.05, 0.1) is 0 Å². The van der Waals surface area contributed by atoms with Gasteiger partial charge in [-0.2, -0.15) is 0 Å². The average Bonchev–Trinajstić information content (AvgIpc) is 2.58. The summed E-state index contributed by atoms with van der Waals surface area (Å²) in [5, 5.41) is 0. The Morgan fingerprint density at radius 3 is 2.24 bits per heavy atom. The number of fused-ring (bicyclic) bond motifs is 1. The first-order chi connectivity index (χ1) is 11.9. The Hall–Kier alpha value is -1.91. The van der Waals surface area contributed by atoms with E-state index in [1.54, 1.807) is 0 Å². The largest absolute Gasteiger partial charge is 0.207 e. The molecule has 2 aromatic rings. The van der Waals surface area contributed by atoms with Gasteiger partial charge in [0.15, 0.2) is 17.5 Å². The molecular weight excluding hydrogens is 335 g/mol. The number of hydrogen-bond donors (Lipinski definition) is 0. The van der Waals surface area contributed by atoms with E-state index in [0.29, 0.717) is 43.2 Å². The highest BCUT2D eigenvalue weighted by Gasteiger charge is 2.26. The van der Waals surface area contributed by atoms with Crippen molar-refractivity contribution in [3.8, 4) is 0 Å². The zero-order valence-electron chi connectivity index (χ0n) is 13.9. The molecule has 0 saturated heterocycles. The van der Waals surface area contributed by atoms with Crippen LogP contribution in [0.25, 0.3) is 0 Å². The maximum Gasteiger partial charge on any atom is 0.194 e. The molecule has 1 unspecified atom stereocenters. The van der Waals surface area contributed by atoms with E-state index in [-0.39, 0.29) is 23.5 Å². The number of rotatable bonds is 4. The van der Waals surface area contributed by atoms with Crippen LogP contribution in [-0.2, 0) is 25.7 Å². The zero-order chi connectivity index (χ0) is 18.1. The Labute approximate surface area is 143 Å². The molecule has 0 N–H and O–H groups in total. The number of benzene rings is 2. The summed E-state index contributed by atoms with van der Waals surface area (Å²) in [6.45, 7) is 1.83. The first kappa shape index (κ1) is 17.9. The predicted molar refractivity (Wildman–Crippen MR) is 85.9 cm³/mol. The molecular formula is C20H19F5. The molecule has 5 heteroatoms. The summed E-state index contributed by atoms with van der Waals surface area (Å²) in [6, 6.07) is 3.74. The van der Waals surface area contributed by atoms with Gasteiger partial charge in [0.2, 0.25) is 0 Å². The van der Waals surface area contributed by atoms with Crippen LogP contribution >= 0.6 is 0 Å². The second-order valence-electron chi connectivity index (χ2n) is 6.66. The van der Waals surface area contributed by atoms with Crippen molar-refractivity contribution in [3.05, 3.63) is 69.5 Å². The Balaban J connectivity index is 1.72. The van der Waals surface area contributed by atoms with Crippen molar-refractivity contribution in [1.82, 2.24) is 0 Å². The van der Waals surface area contributed by atoms with E-state index >= 15 is 0 Å². The van der Waals surface area contributed by atoms with Gasteiger partial charge in [0.1, 0.15) is 11.6 Å². The van der Waals surface area contributed by atoms with Crippen molar-refractivity contribution < 1.29 is 22.0 Å². The van der Waals surface area contributed by atoms with E-state index in [1.807, 2.05) is 6.92 Å². The molecule has 0 nitrogen and oxygen atoms in total. The van der Waals surface area contributed by atoms with Gasteiger partial charge < -0.3 is 0 Å². The monoisotopic (exact) mass is 354 g/mol. The van der Waals surface area contributed by atoms with Gasteiger partial charge in [-0.15, -0.1) is 0 Å². The van der Waals surface area contributed by atoms with Crippen molar-refractivity contribution >= 4 is 0 Å². The molecule has 0 heterocycles. The lowest BCUT2D eigenvalue weighted by Gasteiger charge is -2.25. The molecule has 1 atom stereocenters. The SMILES string of the molecule is CCc1cc(F)c(CCC2CCc3c(cc(F)c(F)c3F)C2)c(F)c1. The number of aryl methyl sites for hydroxylation is 1. The van der Waals surface area contributed by atoms with Crippen molar-refractivity contribution in [2.24, 2.45) is 5.92 Å². The highest BCUT2D eigenvalue weighted by molar-refractivity contribution is 5.33. The molecule has 0 saturated carbocycles. The van der Waals surface area contributed by atoms with E-state index in [4.69, 9.17) is 0 Å². The average molecular weight is 354 g/mol. The van der Waals surface area contributed by atoms with Gasteiger partial charge >= 0.3 is 0 Å². The second kappa shape index (κ2) is 7.14. The molecule has 0 spiro atoms. The highest BCUT2D eigenvalue weighted by Crippen LogP contribution is 2.32. The Kier molecular flexibility index (Phi) is 5.11. The quantitative estimate of drug-likeness (QED) is 0.489. The highest BCUT2D eigenvalue weighted by atomic mass is 19.2. The fraction of sp³-hybridized carbons (Fsp3) is 0.400. The molecule has 1 aliphatic rings. The van der Waals surface area contributed by atoms with Crippen LogP contribution in [0.2, 0.25) is 0 Å². The molecule has 0 radical (unpaired) electrons. The van der Waals surface area contributed by atoms with Crippen molar-refractivity contribution in [1.29, 1.82) is 0 Å². The summed E-state index contributed by atoms with van der Waals surface area (Å²) in [6.07, 6.45) is 2.59. The molecule has 0 fully saturated rings. The predicted octanol–water partition coefficient (Wildman–Crippen LogP) is 5.68. The van der Waals surface area contributed by atoms with Crippen molar-refractivity contribution in [2.75, 3.05) is 0 Å². The van der Waals surface area contributed by atoms with Crippen LogP contribution in [-0.4, -0.2) is 0 Å². The van der Waals surface area contributed by atoms with Gasteiger partial charge in [-0.1, -0.05) is 6.92 Å². The van der Waals surface area contributed by atoms with Crippen LogP contribution in [0.1, 0.15) is 42.0 Å². The van der Waals surface area contributed by atoms with Gasteiger partial charge in [0.25, 0.3) is 0 Å². The minimum absolute atomic E-state index is 0.0551. The van der Waals surface area contributed by atoms with E-state index in [0.717, 1.165) is 6.07 Å². The van der Waals surface area contributed by atoms with Crippen molar-refractivity contribution in [2.45, 2.75) is 45.4 Å². The summed E-state index contributed by atoms with van der Waals surface area (Å²) < 4.78 is 68.6. The Bertz CT molecular complexity index is 774. The van der Waals surface area contributed by atoms with Gasteiger partial charge in [-0.05, 0) is 79.3 Å². The van der Waals surface area contributed by atoms with Crippen LogP contribution in [0.4, 0.5) is 22.0 Å².